The highest BCUT2D eigenvalue weighted by Crippen LogP contribution is 2.24. The minimum absolute atomic E-state index is 0.196. The number of hydrogen-bond acceptors (Lipinski definition) is 4. The first kappa shape index (κ1) is 17.2. The Morgan fingerprint density at radius 1 is 1.20 bits per heavy atom. The van der Waals surface area contributed by atoms with Gasteiger partial charge in [-0.2, -0.15) is 0 Å². The van der Waals surface area contributed by atoms with Crippen molar-refractivity contribution in [2.75, 3.05) is 21.9 Å². The summed E-state index contributed by atoms with van der Waals surface area (Å²) in [6.07, 6.45) is 5.43. The second kappa shape index (κ2) is 7.06. The second-order valence-corrected chi connectivity index (χ2v) is 7.89. The van der Waals surface area contributed by atoms with Crippen LogP contribution in [0.1, 0.15) is 17.5 Å². The molecule has 0 spiro atoms. The Bertz CT molecular complexity index is 888. The van der Waals surface area contributed by atoms with Gasteiger partial charge in [-0.15, -0.1) is 0 Å². The first-order valence-corrected chi connectivity index (χ1v) is 9.57. The van der Waals surface area contributed by atoms with Crippen molar-refractivity contribution >= 4 is 33.5 Å². The van der Waals surface area contributed by atoms with Crippen LogP contribution in [0.4, 0.5) is 11.5 Å². The number of nitrogens with zero attached hydrogens (tertiary/aromatic N) is 2. The normalized spacial score (nSPS) is 16.3. The number of pyridine rings is 1. The zero-order valence-corrected chi connectivity index (χ0v) is 14.7. The molecule has 2 heterocycles. The van der Waals surface area contributed by atoms with E-state index in [1.165, 1.54) is 10.4 Å². The van der Waals surface area contributed by atoms with E-state index in [-0.39, 0.29) is 11.7 Å². The first-order chi connectivity index (χ1) is 11.9. The fourth-order valence-electron chi connectivity index (χ4n) is 2.56. The highest BCUT2D eigenvalue weighted by atomic mass is 32.2. The van der Waals surface area contributed by atoms with Gasteiger partial charge >= 0.3 is 0 Å². The van der Waals surface area contributed by atoms with Gasteiger partial charge in [0.05, 0.1) is 11.4 Å². The zero-order valence-electron chi connectivity index (χ0n) is 13.8. The average molecular weight is 357 g/mol. The molecule has 0 radical (unpaired) electrons. The summed E-state index contributed by atoms with van der Waals surface area (Å²) < 4.78 is 25.2. The fourth-order valence-corrected chi connectivity index (χ4v) is 4.13. The van der Waals surface area contributed by atoms with Gasteiger partial charge in [0, 0.05) is 18.8 Å². The molecule has 3 rings (SSSR count). The molecule has 1 N–H and O–H groups in total. The molecular weight excluding hydrogens is 338 g/mol. The van der Waals surface area contributed by atoms with Crippen LogP contribution in [-0.4, -0.2) is 31.6 Å². The molecule has 1 aliphatic rings. The van der Waals surface area contributed by atoms with E-state index in [2.05, 4.69) is 10.3 Å². The Labute approximate surface area is 147 Å². The van der Waals surface area contributed by atoms with Crippen molar-refractivity contribution < 1.29 is 13.2 Å². The maximum Gasteiger partial charge on any atom is 0.249 e. The van der Waals surface area contributed by atoms with Crippen LogP contribution < -0.4 is 9.62 Å². The third kappa shape index (κ3) is 4.24. The summed E-state index contributed by atoms with van der Waals surface area (Å²) in [4.78, 5) is 16.0. The summed E-state index contributed by atoms with van der Waals surface area (Å²) in [5.41, 5.74) is 2.49. The number of aromatic nitrogens is 1. The number of hydrogen-bond donors (Lipinski definition) is 1. The molecule has 0 atom stereocenters. The lowest BCUT2D eigenvalue weighted by molar-refractivity contribution is -0.111. The van der Waals surface area contributed by atoms with E-state index in [1.54, 1.807) is 42.6 Å². The van der Waals surface area contributed by atoms with Crippen molar-refractivity contribution in [1.82, 2.24) is 4.98 Å². The number of aryl methyl sites for hydroxylation is 1. The molecule has 0 saturated carbocycles. The molecule has 0 aliphatic carbocycles. The Kier molecular flexibility index (Phi) is 4.85. The number of amides is 1. The lowest BCUT2D eigenvalue weighted by atomic mass is 10.2. The van der Waals surface area contributed by atoms with Gasteiger partial charge in [-0.3, -0.25) is 9.10 Å². The van der Waals surface area contributed by atoms with Gasteiger partial charge in [-0.1, -0.05) is 18.2 Å². The molecule has 25 heavy (non-hydrogen) atoms. The predicted octanol–water partition coefficient (Wildman–Crippen LogP) is 2.58. The maximum absolute atomic E-state index is 11.9. The van der Waals surface area contributed by atoms with Crippen molar-refractivity contribution in [2.24, 2.45) is 0 Å². The van der Waals surface area contributed by atoms with Gasteiger partial charge in [-0.25, -0.2) is 13.4 Å². The number of rotatable bonds is 4. The molecule has 1 aliphatic heterocycles. The molecule has 130 valence electrons. The summed E-state index contributed by atoms with van der Waals surface area (Å²) in [6.45, 7) is 2.44. The topological polar surface area (TPSA) is 79.4 Å². The zero-order chi connectivity index (χ0) is 17.9. The van der Waals surface area contributed by atoms with Gasteiger partial charge in [0.25, 0.3) is 0 Å². The van der Waals surface area contributed by atoms with Gasteiger partial charge in [0.1, 0.15) is 5.82 Å². The molecule has 1 amide bonds. The van der Waals surface area contributed by atoms with E-state index in [4.69, 9.17) is 0 Å². The Morgan fingerprint density at radius 3 is 2.56 bits per heavy atom. The molecule has 0 bridgehead atoms. The standard InChI is InChI=1S/C18H19N3O3S/c1-14-3-9-17(19-13-14)20-18(22)10-6-15-4-7-16(8-5-15)21-11-2-12-25(21,23)24/h3-10,13H,2,11-12H2,1H3,(H,19,20,22)/b10-6+. The Balaban J connectivity index is 1.63. The minimum atomic E-state index is -3.17. The monoisotopic (exact) mass is 357 g/mol. The van der Waals surface area contributed by atoms with E-state index in [9.17, 15) is 13.2 Å². The summed E-state index contributed by atoms with van der Waals surface area (Å²) >= 11 is 0. The Morgan fingerprint density at radius 2 is 1.96 bits per heavy atom. The predicted molar refractivity (Wildman–Crippen MR) is 98.8 cm³/mol. The van der Waals surface area contributed by atoms with Crippen LogP contribution in [0, 0.1) is 6.92 Å². The molecule has 6 nitrogen and oxygen atoms in total. The number of carbonyl (C=O) groups excluding carboxylic acids is 1. The third-order valence-electron chi connectivity index (χ3n) is 3.87. The average Bonchev–Trinajstić information content (AvgIpc) is 2.95. The summed E-state index contributed by atoms with van der Waals surface area (Å²) in [5.74, 6) is 0.416. The number of sulfonamides is 1. The highest BCUT2D eigenvalue weighted by molar-refractivity contribution is 7.93. The number of anilines is 2. The maximum atomic E-state index is 11.9. The molecule has 1 fully saturated rings. The number of nitrogens with one attached hydrogen (secondary N) is 1. The van der Waals surface area contributed by atoms with Crippen molar-refractivity contribution in [3.05, 3.63) is 59.8 Å². The van der Waals surface area contributed by atoms with Gasteiger partial charge < -0.3 is 5.32 Å². The quantitative estimate of drug-likeness (QED) is 0.853. The van der Waals surface area contributed by atoms with E-state index >= 15 is 0 Å². The molecular formula is C18H19N3O3S. The molecule has 1 saturated heterocycles. The van der Waals surface area contributed by atoms with E-state index in [0.29, 0.717) is 24.5 Å². The van der Waals surface area contributed by atoms with Crippen molar-refractivity contribution in [2.45, 2.75) is 13.3 Å². The Hall–Kier alpha value is -2.67. The van der Waals surface area contributed by atoms with Crippen LogP contribution in [0.15, 0.2) is 48.7 Å². The van der Waals surface area contributed by atoms with E-state index in [1.807, 2.05) is 13.0 Å². The minimum Gasteiger partial charge on any atom is -0.307 e. The van der Waals surface area contributed by atoms with Crippen LogP contribution in [0.5, 0.6) is 0 Å². The number of carbonyl (C=O) groups is 1. The lowest BCUT2D eigenvalue weighted by Gasteiger charge is -2.16. The van der Waals surface area contributed by atoms with Crippen LogP contribution in [0.2, 0.25) is 0 Å². The molecule has 7 heteroatoms. The lowest BCUT2D eigenvalue weighted by Crippen LogP contribution is -2.24. The third-order valence-corrected chi connectivity index (χ3v) is 5.74. The van der Waals surface area contributed by atoms with Crippen molar-refractivity contribution in [1.29, 1.82) is 0 Å². The fraction of sp³-hybridized carbons (Fsp3) is 0.222. The largest absolute Gasteiger partial charge is 0.307 e. The number of benzene rings is 1. The van der Waals surface area contributed by atoms with Crippen molar-refractivity contribution in [3.8, 4) is 0 Å². The highest BCUT2D eigenvalue weighted by Gasteiger charge is 2.28. The molecule has 0 unspecified atom stereocenters. The van der Waals surface area contributed by atoms with Crippen LogP contribution in [0.3, 0.4) is 0 Å². The summed E-state index contributed by atoms with van der Waals surface area (Å²) in [7, 11) is -3.17. The molecule has 1 aromatic carbocycles. The second-order valence-electron chi connectivity index (χ2n) is 5.88. The van der Waals surface area contributed by atoms with Gasteiger partial charge in [-0.05, 0) is 48.7 Å². The summed E-state index contributed by atoms with van der Waals surface area (Å²) in [6, 6.07) is 10.7. The van der Waals surface area contributed by atoms with Crippen LogP contribution >= 0.6 is 0 Å². The molecule has 2 aromatic rings. The summed E-state index contributed by atoms with van der Waals surface area (Å²) in [5, 5.41) is 2.68. The van der Waals surface area contributed by atoms with Crippen LogP contribution in [0.25, 0.3) is 6.08 Å². The van der Waals surface area contributed by atoms with Gasteiger partial charge in [0.15, 0.2) is 0 Å². The molecule has 1 aromatic heterocycles. The van der Waals surface area contributed by atoms with E-state index < -0.39 is 10.0 Å². The smallest absolute Gasteiger partial charge is 0.249 e. The first-order valence-electron chi connectivity index (χ1n) is 7.96. The van der Waals surface area contributed by atoms with Crippen LogP contribution in [-0.2, 0) is 14.8 Å². The van der Waals surface area contributed by atoms with E-state index in [0.717, 1.165) is 11.1 Å². The van der Waals surface area contributed by atoms with Crippen molar-refractivity contribution in [3.63, 3.8) is 0 Å². The van der Waals surface area contributed by atoms with Gasteiger partial charge in [0.2, 0.25) is 15.9 Å². The SMILES string of the molecule is Cc1ccc(NC(=O)/C=C/c2ccc(N3CCCS3(=O)=O)cc2)nc1.